The number of halogens is 1. The van der Waals surface area contributed by atoms with E-state index in [0.717, 1.165) is 25.1 Å². The fourth-order valence-corrected chi connectivity index (χ4v) is 1.87. The maximum absolute atomic E-state index is 12.9. The molecule has 2 heterocycles. The minimum absolute atomic E-state index is 0.0799. The molecule has 0 spiro atoms. The zero-order valence-corrected chi connectivity index (χ0v) is 8.58. The molecule has 1 aliphatic heterocycles. The zero-order valence-electron chi connectivity index (χ0n) is 8.58. The van der Waals surface area contributed by atoms with E-state index in [-0.39, 0.29) is 5.56 Å². The number of nitrogens with zero attached hydrogens (tertiary/aromatic N) is 1. The smallest absolute Gasteiger partial charge is 0.247 e. The van der Waals surface area contributed by atoms with E-state index in [2.05, 4.69) is 9.88 Å². The van der Waals surface area contributed by atoms with Crippen LogP contribution < -0.4 is 5.56 Å². The van der Waals surface area contributed by atoms with Gasteiger partial charge in [-0.05, 0) is 18.4 Å². The maximum atomic E-state index is 12.9. The first kappa shape index (κ1) is 10.4. The molecule has 1 aromatic heterocycles. The molecule has 0 saturated carbocycles. The average molecular weight is 210 g/mol. The molecule has 1 aromatic rings. The van der Waals surface area contributed by atoms with Crippen LogP contribution in [0.5, 0.6) is 0 Å². The standard InChI is InChI=1S/C11H15FN2O/c12-10-4-6-14(8-10)5-3-9-1-2-11(15)13-7-9/h1-2,7,10H,3-6,8H2,(H,13,15)/t10-/m1/s1. The third kappa shape index (κ3) is 2.89. The minimum Gasteiger partial charge on any atom is -0.329 e. The molecule has 0 amide bonds. The van der Waals surface area contributed by atoms with Gasteiger partial charge >= 0.3 is 0 Å². The molecule has 0 unspecified atom stereocenters. The molecule has 82 valence electrons. The van der Waals surface area contributed by atoms with Gasteiger partial charge in [-0.1, -0.05) is 6.07 Å². The van der Waals surface area contributed by atoms with Gasteiger partial charge in [-0.2, -0.15) is 0 Å². The Labute approximate surface area is 87.9 Å². The van der Waals surface area contributed by atoms with E-state index in [0.29, 0.717) is 13.0 Å². The number of alkyl halides is 1. The van der Waals surface area contributed by atoms with E-state index in [1.807, 2.05) is 6.07 Å². The zero-order chi connectivity index (χ0) is 10.7. The van der Waals surface area contributed by atoms with Gasteiger partial charge in [0.05, 0.1) is 0 Å². The molecule has 1 atom stereocenters. The Morgan fingerprint density at radius 2 is 2.40 bits per heavy atom. The van der Waals surface area contributed by atoms with Crippen LogP contribution >= 0.6 is 0 Å². The van der Waals surface area contributed by atoms with Crippen molar-refractivity contribution in [2.75, 3.05) is 19.6 Å². The summed E-state index contributed by atoms with van der Waals surface area (Å²) in [7, 11) is 0. The maximum Gasteiger partial charge on any atom is 0.247 e. The Balaban J connectivity index is 1.83. The first-order valence-electron chi connectivity index (χ1n) is 5.28. The summed E-state index contributed by atoms with van der Waals surface area (Å²) in [5.74, 6) is 0. The molecule has 0 aromatic carbocycles. The number of likely N-dealkylation sites (tertiary alicyclic amines) is 1. The number of nitrogens with one attached hydrogen (secondary N) is 1. The predicted molar refractivity (Wildman–Crippen MR) is 56.7 cm³/mol. The van der Waals surface area contributed by atoms with Crippen molar-refractivity contribution in [2.45, 2.75) is 19.0 Å². The van der Waals surface area contributed by atoms with Crippen LogP contribution in [0.4, 0.5) is 4.39 Å². The van der Waals surface area contributed by atoms with E-state index >= 15 is 0 Å². The molecule has 0 radical (unpaired) electrons. The summed E-state index contributed by atoms with van der Waals surface area (Å²) in [4.78, 5) is 15.6. The summed E-state index contributed by atoms with van der Waals surface area (Å²) in [6.07, 6.45) is 2.60. The van der Waals surface area contributed by atoms with Crippen molar-refractivity contribution < 1.29 is 4.39 Å². The summed E-state index contributed by atoms with van der Waals surface area (Å²) in [6.45, 7) is 2.28. The molecule has 2 rings (SSSR count). The topological polar surface area (TPSA) is 36.1 Å². The molecular weight excluding hydrogens is 195 g/mol. The second-order valence-corrected chi connectivity index (χ2v) is 4.00. The highest BCUT2D eigenvalue weighted by Gasteiger charge is 2.20. The Morgan fingerprint density at radius 3 is 3.00 bits per heavy atom. The molecule has 1 N–H and O–H groups in total. The Hall–Kier alpha value is -1.16. The normalized spacial score (nSPS) is 22.1. The van der Waals surface area contributed by atoms with Crippen LogP contribution in [-0.2, 0) is 6.42 Å². The van der Waals surface area contributed by atoms with Crippen LogP contribution in [0.3, 0.4) is 0 Å². The predicted octanol–water partition coefficient (Wildman–Crippen LogP) is 0.961. The van der Waals surface area contributed by atoms with Gasteiger partial charge in [0, 0.05) is 31.9 Å². The molecule has 1 fully saturated rings. The summed E-state index contributed by atoms with van der Waals surface area (Å²) >= 11 is 0. The highest BCUT2D eigenvalue weighted by atomic mass is 19.1. The molecule has 0 bridgehead atoms. The van der Waals surface area contributed by atoms with E-state index in [1.54, 1.807) is 6.20 Å². The Kier molecular flexibility index (Phi) is 3.16. The molecule has 1 saturated heterocycles. The number of hydrogen-bond acceptors (Lipinski definition) is 2. The van der Waals surface area contributed by atoms with E-state index in [4.69, 9.17) is 0 Å². The summed E-state index contributed by atoms with van der Waals surface area (Å²) in [5, 5.41) is 0. The molecule has 1 aliphatic rings. The second-order valence-electron chi connectivity index (χ2n) is 4.00. The van der Waals surface area contributed by atoms with Crippen molar-refractivity contribution in [3.63, 3.8) is 0 Å². The van der Waals surface area contributed by atoms with Crippen molar-refractivity contribution >= 4 is 0 Å². The molecule has 4 heteroatoms. The lowest BCUT2D eigenvalue weighted by molar-refractivity contribution is 0.290. The van der Waals surface area contributed by atoms with Gasteiger partial charge in [-0.15, -0.1) is 0 Å². The number of rotatable bonds is 3. The quantitative estimate of drug-likeness (QED) is 0.806. The van der Waals surface area contributed by atoms with Crippen LogP contribution in [-0.4, -0.2) is 35.7 Å². The van der Waals surface area contributed by atoms with Gasteiger partial charge in [0.15, 0.2) is 0 Å². The van der Waals surface area contributed by atoms with Crippen LogP contribution in [0, 0.1) is 0 Å². The van der Waals surface area contributed by atoms with Gasteiger partial charge in [0.1, 0.15) is 6.17 Å². The Bertz CT molecular complexity index is 357. The van der Waals surface area contributed by atoms with E-state index < -0.39 is 6.17 Å². The number of pyridine rings is 1. The lowest BCUT2D eigenvalue weighted by atomic mass is 10.2. The fourth-order valence-electron chi connectivity index (χ4n) is 1.87. The lowest BCUT2D eigenvalue weighted by Gasteiger charge is -2.13. The second kappa shape index (κ2) is 4.57. The Morgan fingerprint density at radius 1 is 1.53 bits per heavy atom. The molecule has 15 heavy (non-hydrogen) atoms. The summed E-state index contributed by atoms with van der Waals surface area (Å²) < 4.78 is 12.9. The van der Waals surface area contributed by atoms with Crippen molar-refractivity contribution in [1.82, 2.24) is 9.88 Å². The number of aromatic amines is 1. The third-order valence-electron chi connectivity index (χ3n) is 2.78. The summed E-state index contributed by atoms with van der Waals surface area (Å²) in [5.41, 5.74) is 1.01. The van der Waals surface area contributed by atoms with Crippen molar-refractivity contribution in [2.24, 2.45) is 0 Å². The first-order valence-corrected chi connectivity index (χ1v) is 5.28. The SMILES string of the molecule is O=c1ccc(CCN2CC[C@@H](F)C2)c[nH]1. The lowest BCUT2D eigenvalue weighted by Crippen LogP contribution is -2.23. The van der Waals surface area contributed by atoms with E-state index in [1.165, 1.54) is 6.07 Å². The minimum atomic E-state index is -0.652. The van der Waals surface area contributed by atoms with Crippen molar-refractivity contribution in [3.8, 4) is 0 Å². The fraction of sp³-hybridized carbons (Fsp3) is 0.545. The van der Waals surface area contributed by atoms with Crippen molar-refractivity contribution in [1.29, 1.82) is 0 Å². The molecular formula is C11H15FN2O. The van der Waals surface area contributed by atoms with Gasteiger partial charge in [-0.3, -0.25) is 4.79 Å². The van der Waals surface area contributed by atoms with Gasteiger partial charge in [0.2, 0.25) is 5.56 Å². The average Bonchev–Trinajstić information content (AvgIpc) is 2.64. The van der Waals surface area contributed by atoms with Crippen molar-refractivity contribution in [3.05, 3.63) is 34.2 Å². The van der Waals surface area contributed by atoms with E-state index in [9.17, 15) is 9.18 Å². The third-order valence-corrected chi connectivity index (χ3v) is 2.78. The van der Waals surface area contributed by atoms with Crippen LogP contribution in [0.2, 0.25) is 0 Å². The van der Waals surface area contributed by atoms with Crippen LogP contribution in [0.1, 0.15) is 12.0 Å². The number of hydrogen-bond donors (Lipinski definition) is 1. The van der Waals surface area contributed by atoms with Gasteiger partial charge in [-0.25, -0.2) is 4.39 Å². The highest BCUT2D eigenvalue weighted by Crippen LogP contribution is 2.12. The molecule has 0 aliphatic carbocycles. The summed E-state index contributed by atoms with van der Waals surface area (Å²) in [6, 6.07) is 3.35. The highest BCUT2D eigenvalue weighted by molar-refractivity contribution is 5.09. The molecule has 3 nitrogen and oxygen atoms in total. The largest absolute Gasteiger partial charge is 0.329 e. The van der Waals surface area contributed by atoms with Crippen LogP contribution in [0.25, 0.3) is 0 Å². The number of aromatic nitrogens is 1. The van der Waals surface area contributed by atoms with Gasteiger partial charge in [0.25, 0.3) is 0 Å². The van der Waals surface area contributed by atoms with Crippen LogP contribution in [0.15, 0.2) is 23.1 Å². The number of H-pyrrole nitrogens is 1. The van der Waals surface area contributed by atoms with Gasteiger partial charge < -0.3 is 9.88 Å². The first-order chi connectivity index (χ1) is 7.24. The monoisotopic (exact) mass is 210 g/mol.